The van der Waals surface area contributed by atoms with Crippen LogP contribution in [-0.4, -0.2) is 95.2 Å². The predicted octanol–water partition coefficient (Wildman–Crippen LogP) is 1.54. The summed E-state index contributed by atoms with van der Waals surface area (Å²) in [6.07, 6.45) is 2.37. The smallest absolute Gasteiger partial charge is 0.302 e. The zero-order valence-corrected chi connectivity index (χ0v) is 24.2. The minimum absolute atomic E-state index is 0.00184. The first kappa shape index (κ1) is 31.6. The molecule has 0 heterocycles. The molecule has 0 bridgehead atoms. The number of hydrogen-bond donors (Lipinski definition) is 5. The van der Waals surface area contributed by atoms with E-state index >= 15 is 0 Å². The standard InChI is InChI=1S/C23H27N3O7.C6H12O2/c1-25(2)12-5-6-13(27)15-10(12)7-9-8-11-17(26(3)4)19(29)16(22(24)32)21(31)23(11,33)20(30)14(9)18(15)28;1-3-4-5-8-6(2)7/h5-6,9,11,17,27,29-30,33H,7-8H2,1-4H3,(H2,24,32);3-5H2,1-2H3/t9-,11-,17-,23-;/m0./s1. The van der Waals surface area contributed by atoms with Crippen molar-refractivity contribution in [3.8, 4) is 5.75 Å². The van der Waals surface area contributed by atoms with E-state index in [1.54, 1.807) is 39.2 Å². The van der Waals surface area contributed by atoms with Crippen LogP contribution in [0, 0.1) is 11.8 Å². The van der Waals surface area contributed by atoms with Crippen LogP contribution in [0.4, 0.5) is 5.69 Å². The number of aromatic hydroxyl groups is 1. The van der Waals surface area contributed by atoms with Gasteiger partial charge < -0.3 is 35.8 Å². The molecule has 12 nitrogen and oxygen atoms in total. The number of aliphatic hydroxyl groups excluding tert-OH is 2. The lowest BCUT2D eigenvalue weighted by molar-refractivity contribution is -0.148. The lowest BCUT2D eigenvalue weighted by Gasteiger charge is -2.50. The molecule has 0 spiro atoms. The molecule has 0 saturated carbocycles. The Morgan fingerprint density at radius 2 is 1.76 bits per heavy atom. The highest BCUT2D eigenvalue weighted by molar-refractivity contribution is 6.24. The van der Waals surface area contributed by atoms with Crippen molar-refractivity contribution in [2.24, 2.45) is 17.6 Å². The zero-order valence-electron chi connectivity index (χ0n) is 24.2. The molecule has 6 N–H and O–H groups in total. The van der Waals surface area contributed by atoms with Gasteiger partial charge in [0.05, 0.1) is 18.2 Å². The fourth-order valence-corrected chi connectivity index (χ4v) is 6.01. The average molecular weight is 574 g/mol. The van der Waals surface area contributed by atoms with Gasteiger partial charge in [-0.05, 0) is 57.0 Å². The second-order valence-electron chi connectivity index (χ2n) is 11.0. The van der Waals surface area contributed by atoms with Crippen molar-refractivity contribution in [2.75, 3.05) is 39.7 Å². The van der Waals surface area contributed by atoms with Gasteiger partial charge in [0.1, 0.15) is 22.8 Å². The van der Waals surface area contributed by atoms with Crippen LogP contribution in [0.5, 0.6) is 5.75 Å². The number of Topliss-reactive ketones (excluding diaryl/α,β-unsaturated/α-hetero) is 2. The molecule has 1 amide bonds. The molecule has 0 radical (unpaired) electrons. The van der Waals surface area contributed by atoms with Crippen molar-refractivity contribution < 1.29 is 44.3 Å². The summed E-state index contributed by atoms with van der Waals surface area (Å²) in [6.45, 7) is 4.06. The van der Waals surface area contributed by atoms with Gasteiger partial charge in [0.2, 0.25) is 5.78 Å². The number of unbranched alkanes of at least 4 members (excludes halogenated alkanes) is 1. The largest absolute Gasteiger partial charge is 0.510 e. The zero-order chi connectivity index (χ0) is 31.0. The Balaban J connectivity index is 0.000000507. The van der Waals surface area contributed by atoms with Crippen LogP contribution in [0.3, 0.4) is 0 Å². The highest BCUT2D eigenvalue weighted by Gasteiger charge is 2.63. The van der Waals surface area contributed by atoms with Gasteiger partial charge in [0, 0.05) is 38.2 Å². The number of esters is 1. The number of nitrogens with zero attached hydrogens (tertiary/aromatic N) is 2. The van der Waals surface area contributed by atoms with Gasteiger partial charge in [-0.1, -0.05) is 13.3 Å². The second kappa shape index (κ2) is 11.9. The highest BCUT2D eigenvalue weighted by Crippen LogP contribution is 2.53. The van der Waals surface area contributed by atoms with Crippen molar-refractivity contribution in [1.82, 2.24) is 4.90 Å². The third kappa shape index (κ3) is 5.41. The number of likely N-dealkylation sites (N-methyl/N-ethyl adjacent to an activating group) is 1. The van der Waals surface area contributed by atoms with E-state index in [0.717, 1.165) is 18.5 Å². The fourth-order valence-electron chi connectivity index (χ4n) is 6.01. The Kier molecular flexibility index (Phi) is 9.19. The third-order valence-electron chi connectivity index (χ3n) is 7.87. The topological polar surface area (TPSA) is 191 Å². The van der Waals surface area contributed by atoms with Crippen molar-refractivity contribution in [3.05, 3.63) is 45.9 Å². The van der Waals surface area contributed by atoms with E-state index in [1.165, 1.54) is 17.9 Å². The number of aliphatic hydroxyl groups is 3. The molecule has 4 atom stereocenters. The van der Waals surface area contributed by atoms with E-state index in [1.807, 2.05) is 0 Å². The number of phenols is 1. The maximum Gasteiger partial charge on any atom is 0.302 e. The van der Waals surface area contributed by atoms with Gasteiger partial charge >= 0.3 is 5.97 Å². The second-order valence-corrected chi connectivity index (χ2v) is 11.0. The lowest BCUT2D eigenvalue weighted by atomic mass is 9.58. The normalized spacial score (nSPS) is 25.1. The molecular formula is C29H39N3O9. The average Bonchev–Trinajstić information content (AvgIpc) is 2.86. The fraction of sp³-hybridized carbons (Fsp3) is 0.517. The van der Waals surface area contributed by atoms with E-state index < -0.39 is 58.0 Å². The van der Waals surface area contributed by atoms with Gasteiger partial charge in [0.15, 0.2) is 11.4 Å². The number of allylic oxidation sites excluding steroid dienone is 1. The Morgan fingerprint density at radius 1 is 1.12 bits per heavy atom. The van der Waals surface area contributed by atoms with Crippen LogP contribution in [0.15, 0.2) is 34.8 Å². The summed E-state index contributed by atoms with van der Waals surface area (Å²) in [5.74, 6) is -6.72. The van der Waals surface area contributed by atoms with Crippen molar-refractivity contribution in [2.45, 2.75) is 51.2 Å². The molecule has 0 fully saturated rings. The summed E-state index contributed by atoms with van der Waals surface area (Å²) in [7, 11) is 6.79. The number of ketones is 2. The maximum atomic E-state index is 13.5. The monoisotopic (exact) mass is 573 g/mol. The number of rotatable bonds is 6. The number of fused-ring (bicyclic) bond motifs is 3. The van der Waals surface area contributed by atoms with Gasteiger partial charge in [-0.2, -0.15) is 0 Å². The van der Waals surface area contributed by atoms with Crippen LogP contribution in [0.25, 0.3) is 0 Å². The van der Waals surface area contributed by atoms with E-state index in [2.05, 4.69) is 11.7 Å². The van der Waals surface area contributed by atoms with Crippen LogP contribution in [-0.2, 0) is 25.5 Å². The van der Waals surface area contributed by atoms with E-state index in [-0.39, 0.29) is 35.7 Å². The molecule has 0 unspecified atom stereocenters. The lowest BCUT2D eigenvalue weighted by Crippen LogP contribution is -2.63. The number of carbonyl (C=O) groups is 4. The van der Waals surface area contributed by atoms with E-state index in [9.17, 15) is 39.6 Å². The molecular weight excluding hydrogens is 534 g/mol. The third-order valence-corrected chi connectivity index (χ3v) is 7.87. The Hall–Kier alpha value is -3.90. The van der Waals surface area contributed by atoms with E-state index in [0.29, 0.717) is 12.2 Å². The predicted molar refractivity (Wildman–Crippen MR) is 150 cm³/mol. The first-order chi connectivity index (χ1) is 19.1. The van der Waals surface area contributed by atoms with Gasteiger partial charge in [-0.15, -0.1) is 0 Å². The number of hydrogen-bond acceptors (Lipinski definition) is 11. The molecule has 41 heavy (non-hydrogen) atoms. The molecule has 0 aliphatic heterocycles. The summed E-state index contributed by atoms with van der Waals surface area (Å²) in [5, 5.41) is 43.9. The number of primary amides is 1. The summed E-state index contributed by atoms with van der Waals surface area (Å²) < 4.78 is 4.64. The molecule has 0 saturated heterocycles. The van der Waals surface area contributed by atoms with Gasteiger partial charge in [0.25, 0.3) is 5.91 Å². The maximum absolute atomic E-state index is 13.5. The number of ether oxygens (including phenoxy) is 1. The first-order valence-corrected chi connectivity index (χ1v) is 13.4. The molecule has 224 valence electrons. The minimum atomic E-state index is -2.63. The van der Waals surface area contributed by atoms with Gasteiger partial charge in [-0.3, -0.25) is 24.1 Å². The van der Waals surface area contributed by atoms with Crippen LogP contribution >= 0.6 is 0 Å². The SMILES string of the molecule is CCCCOC(C)=O.CN(C)c1ccc(O)c2c1C[C@H]1C[C@H]3[C@H](N(C)C)C(O)=C(C(N)=O)C(=O)[C@@]3(O)C(O)=C1C2=O. The van der Waals surface area contributed by atoms with Crippen LogP contribution < -0.4 is 10.6 Å². The molecule has 1 aromatic rings. The summed E-state index contributed by atoms with van der Waals surface area (Å²) >= 11 is 0. The number of phenolic OH excluding ortho intramolecular Hbond substituents is 1. The summed E-state index contributed by atoms with van der Waals surface area (Å²) in [5.41, 5.74) is 3.02. The van der Waals surface area contributed by atoms with Crippen molar-refractivity contribution in [1.29, 1.82) is 0 Å². The molecule has 1 aromatic carbocycles. The minimum Gasteiger partial charge on any atom is -0.510 e. The molecule has 12 heteroatoms. The molecule has 3 aliphatic carbocycles. The number of anilines is 1. The number of nitrogens with two attached hydrogens (primary N) is 1. The molecule has 4 rings (SSSR count). The summed E-state index contributed by atoms with van der Waals surface area (Å²) in [6, 6.07) is 2.06. The van der Waals surface area contributed by atoms with E-state index in [4.69, 9.17) is 5.73 Å². The summed E-state index contributed by atoms with van der Waals surface area (Å²) in [4.78, 5) is 52.1. The number of benzene rings is 1. The van der Waals surface area contributed by atoms with Crippen molar-refractivity contribution in [3.63, 3.8) is 0 Å². The Morgan fingerprint density at radius 3 is 2.27 bits per heavy atom. The van der Waals surface area contributed by atoms with Crippen molar-refractivity contribution >= 4 is 29.1 Å². The highest BCUT2D eigenvalue weighted by atomic mass is 16.5. The van der Waals surface area contributed by atoms with Crippen LogP contribution in [0.1, 0.15) is 49.0 Å². The Bertz CT molecular complexity index is 1330. The molecule has 3 aliphatic rings. The number of amides is 1. The number of carbonyl (C=O) groups excluding carboxylic acids is 4. The van der Waals surface area contributed by atoms with Gasteiger partial charge in [-0.25, -0.2) is 0 Å². The first-order valence-electron chi connectivity index (χ1n) is 13.4. The Labute approximate surface area is 238 Å². The van der Waals surface area contributed by atoms with Crippen LogP contribution in [0.2, 0.25) is 0 Å². The molecule has 0 aromatic heterocycles. The quantitative estimate of drug-likeness (QED) is 0.188.